The summed E-state index contributed by atoms with van der Waals surface area (Å²) in [5, 5.41) is 8.18. The van der Waals surface area contributed by atoms with Crippen molar-refractivity contribution < 1.29 is 9.53 Å². The van der Waals surface area contributed by atoms with Gasteiger partial charge in [0.05, 0.1) is 13.0 Å². The van der Waals surface area contributed by atoms with E-state index in [1.807, 2.05) is 18.2 Å². The average molecular weight is 492 g/mol. The molecule has 1 saturated heterocycles. The molecular weight excluding hydrogens is 470 g/mol. The maximum absolute atomic E-state index is 12.8. The van der Waals surface area contributed by atoms with Gasteiger partial charge in [0.1, 0.15) is 5.75 Å². The quantitative estimate of drug-likeness (QED) is 0.590. The molecule has 3 heterocycles. The molecular formula is C20H22BrN5O3S. The van der Waals surface area contributed by atoms with Gasteiger partial charge in [-0.2, -0.15) is 4.52 Å². The first-order valence-electron chi connectivity index (χ1n) is 9.67. The Labute approximate surface area is 186 Å². The van der Waals surface area contributed by atoms with Gasteiger partial charge in [0, 0.05) is 41.4 Å². The molecule has 30 heavy (non-hydrogen) atoms. The summed E-state index contributed by atoms with van der Waals surface area (Å²) in [7, 11) is 1.62. The summed E-state index contributed by atoms with van der Waals surface area (Å²) >= 11 is 4.83. The highest BCUT2D eigenvalue weighted by Crippen LogP contribution is 2.27. The number of benzene rings is 1. The molecule has 0 spiro atoms. The molecule has 1 unspecified atom stereocenters. The van der Waals surface area contributed by atoms with Crippen LogP contribution in [0.15, 0.2) is 33.5 Å². The van der Waals surface area contributed by atoms with E-state index in [1.54, 1.807) is 14.0 Å². The van der Waals surface area contributed by atoms with E-state index in [0.29, 0.717) is 23.7 Å². The fraction of sp³-hybridized carbons (Fsp3) is 0.400. The second-order valence-corrected chi connectivity index (χ2v) is 9.12. The molecule has 1 fully saturated rings. The zero-order valence-electron chi connectivity index (χ0n) is 16.7. The van der Waals surface area contributed by atoms with Crippen LogP contribution in [0.4, 0.5) is 5.13 Å². The number of carbonyl (C=O) groups excluding carboxylic acids is 1. The van der Waals surface area contributed by atoms with Gasteiger partial charge >= 0.3 is 0 Å². The van der Waals surface area contributed by atoms with Crippen molar-refractivity contribution in [3.05, 3.63) is 50.3 Å². The minimum atomic E-state index is -0.186. The van der Waals surface area contributed by atoms with Crippen molar-refractivity contribution in [2.75, 3.05) is 25.1 Å². The molecule has 4 rings (SSSR count). The summed E-state index contributed by atoms with van der Waals surface area (Å²) < 4.78 is 7.64. The number of hydrogen-bond acceptors (Lipinski definition) is 7. The molecule has 1 N–H and O–H groups in total. The Morgan fingerprint density at radius 2 is 2.23 bits per heavy atom. The third-order valence-corrected chi connectivity index (χ3v) is 6.58. The lowest BCUT2D eigenvalue weighted by atomic mass is 9.97. The summed E-state index contributed by atoms with van der Waals surface area (Å²) in [5.41, 5.74) is 1.41. The molecule has 0 bridgehead atoms. The van der Waals surface area contributed by atoms with Crippen molar-refractivity contribution in [2.24, 2.45) is 5.92 Å². The van der Waals surface area contributed by atoms with Gasteiger partial charge < -0.3 is 15.0 Å². The number of aromatic nitrogens is 3. The number of anilines is 1. The Balaban J connectivity index is 1.45. The van der Waals surface area contributed by atoms with Gasteiger partial charge in [-0.15, -0.1) is 5.10 Å². The standard InChI is InChI=1S/C20H22BrN5O3S/c1-12-8-17(27)26-19(23-12)30-20(24-26)25-7-3-4-13(11-25)18(28)22-10-14-9-15(21)5-6-16(14)29-2/h5-6,8-9,13H,3-4,7,10-11H2,1-2H3,(H,22,28). The average Bonchev–Trinajstić information content (AvgIpc) is 3.16. The summed E-state index contributed by atoms with van der Waals surface area (Å²) in [6, 6.07) is 7.20. The van der Waals surface area contributed by atoms with Crippen LogP contribution in [0.2, 0.25) is 0 Å². The fourth-order valence-corrected chi connectivity index (χ4v) is 5.01. The zero-order valence-corrected chi connectivity index (χ0v) is 19.1. The van der Waals surface area contributed by atoms with Gasteiger partial charge in [-0.1, -0.05) is 27.3 Å². The van der Waals surface area contributed by atoms with E-state index in [9.17, 15) is 9.59 Å². The van der Waals surface area contributed by atoms with Crippen LogP contribution in [0.5, 0.6) is 5.75 Å². The smallest absolute Gasteiger partial charge is 0.275 e. The topological polar surface area (TPSA) is 88.8 Å². The number of methoxy groups -OCH3 is 1. The first-order chi connectivity index (χ1) is 14.4. The molecule has 0 saturated carbocycles. The van der Waals surface area contributed by atoms with Gasteiger partial charge in [0.2, 0.25) is 16.0 Å². The van der Waals surface area contributed by atoms with Crippen LogP contribution in [-0.2, 0) is 11.3 Å². The third-order valence-electron chi connectivity index (χ3n) is 5.12. The number of piperidine rings is 1. The van der Waals surface area contributed by atoms with Crippen molar-refractivity contribution in [2.45, 2.75) is 26.3 Å². The zero-order chi connectivity index (χ0) is 21.3. The lowest BCUT2D eigenvalue weighted by Gasteiger charge is -2.31. The largest absolute Gasteiger partial charge is 0.496 e. The van der Waals surface area contributed by atoms with E-state index >= 15 is 0 Å². The lowest BCUT2D eigenvalue weighted by Crippen LogP contribution is -2.43. The Hall–Kier alpha value is -2.46. The van der Waals surface area contributed by atoms with Gasteiger partial charge in [0.25, 0.3) is 5.56 Å². The van der Waals surface area contributed by atoms with Crippen LogP contribution in [0.25, 0.3) is 4.96 Å². The Morgan fingerprint density at radius 1 is 1.40 bits per heavy atom. The summed E-state index contributed by atoms with van der Waals surface area (Å²) in [4.78, 5) is 32.0. The Bertz CT molecular complexity index is 1150. The van der Waals surface area contributed by atoms with Gasteiger partial charge in [-0.05, 0) is 38.0 Å². The lowest BCUT2D eigenvalue weighted by molar-refractivity contribution is -0.125. The minimum Gasteiger partial charge on any atom is -0.496 e. The van der Waals surface area contributed by atoms with Crippen molar-refractivity contribution in [1.29, 1.82) is 0 Å². The number of rotatable bonds is 5. The first-order valence-corrected chi connectivity index (χ1v) is 11.3. The van der Waals surface area contributed by atoms with E-state index in [0.717, 1.165) is 40.3 Å². The Morgan fingerprint density at radius 3 is 3.03 bits per heavy atom. The van der Waals surface area contributed by atoms with Crippen LogP contribution in [-0.4, -0.2) is 40.7 Å². The normalized spacial score (nSPS) is 16.6. The summed E-state index contributed by atoms with van der Waals surface area (Å²) in [6.07, 6.45) is 1.70. The maximum atomic E-state index is 12.8. The highest BCUT2D eigenvalue weighted by atomic mass is 79.9. The molecule has 2 aromatic heterocycles. The molecule has 1 amide bonds. The number of nitrogens with one attached hydrogen (secondary N) is 1. The Kier molecular flexibility index (Phi) is 6.05. The number of amides is 1. The molecule has 1 aromatic carbocycles. The van der Waals surface area contributed by atoms with Gasteiger partial charge in [-0.3, -0.25) is 9.59 Å². The summed E-state index contributed by atoms with van der Waals surface area (Å²) in [5.74, 6) is 0.607. The minimum absolute atomic E-state index is 0.00831. The van der Waals surface area contributed by atoms with E-state index < -0.39 is 0 Å². The second kappa shape index (κ2) is 8.73. The molecule has 1 aliphatic heterocycles. The van der Waals surface area contributed by atoms with Crippen molar-refractivity contribution in [3.8, 4) is 5.75 Å². The predicted molar refractivity (Wildman–Crippen MR) is 119 cm³/mol. The van der Waals surface area contributed by atoms with E-state index in [-0.39, 0.29) is 17.4 Å². The SMILES string of the molecule is COc1ccc(Br)cc1CNC(=O)C1CCCN(c2nn3c(=O)cc(C)nc3s2)C1. The van der Waals surface area contributed by atoms with Gasteiger partial charge in [-0.25, -0.2) is 4.98 Å². The highest BCUT2D eigenvalue weighted by molar-refractivity contribution is 9.10. The van der Waals surface area contributed by atoms with Crippen molar-refractivity contribution >= 4 is 43.3 Å². The molecule has 158 valence electrons. The number of nitrogens with zero attached hydrogens (tertiary/aromatic N) is 4. The third kappa shape index (κ3) is 4.34. The van der Waals surface area contributed by atoms with Crippen molar-refractivity contribution in [3.63, 3.8) is 0 Å². The monoisotopic (exact) mass is 491 g/mol. The first kappa shape index (κ1) is 20.8. The number of hydrogen-bond donors (Lipinski definition) is 1. The fourth-order valence-electron chi connectivity index (χ4n) is 3.61. The summed E-state index contributed by atoms with van der Waals surface area (Å²) in [6.45, 7) is 3.56. The molecule has 1 atom stereocenters. The molecule has 1 aliphatic rings. The predicted octanol–water partition coefficient (Wildman–Crippen LogP) is 2.76. The van der Waals surface area contributed by atoms with Crippen LogP contribution < -0.4 is 20.5 Å². The van der Waals surface area contributed by atoms with Crippen LogP contribution in [0.1, 0.15) is 24.1 Å². The van der Waals surface area contributed by atoms with Gasteiger partial charge in [0.15, 0.2) is 0 Å². The van der Waals surface area contributed by atoms with Crippen molar-refractivity contribution in [1.82, 2.24) is 19.9 Å². The number of carbonyl (C=O) groups is 1. The van der Waals surface area contributed by atoms with Crippen LogP contribution in [0, 0.1) is 12.8 Å². The molecule has 10 heteroatoms. The number of ether oxygens (including phenoxy) is 1. The van der Waals surface area contributed by atoms with Crippen LogP contribution in [0.3, 0.4) is 0 Å². The number of halogens is 1. The molecule has 0 radical (unpaired) electrons. The van der Waals surface area contributed by atoms with E-state index in [4.69, 9.17) is 4.74 Å². The van der Waals surface area contributed by atoms with E-state index in [1.165, 1.54) is 21.9 Å². The molecule has 3 aromatic rings. The maximum Gasteiger partial charge on any atom is 0.275 e. The second-order valence-electron chi connectivity index (χ2n) is 7.27. The molecule has 0 aliphatic carbocycles. The van der Waals surface area contributed by atoms with Crippen LogP contribution >= 0.6 is 27.3 Å². The molecule has 8 nitrogen and oxygen atoms in total. The highest BCUT2D eigenvalue weighted by Gasteiger charge is 2.28. The number of fused-ring (bicyclic) bond motifs is 1. The number of aryl methyl sites for hydroxylation is 1. The van der Waals surface area contributed by atoms with E-state index in [2.05, 4.69) is 36.2 Å².